The number of fused-ring (bicyclic) bond motifs is 1. The first kappa shape index (κ1) is 29.1. The van der Waals surface area contributed by atoms with E-state index in [0.29, 0.717) is 29.6 Å². The molecule has 38 heavy (non-hydrogen) atoms. The smallest absolute Gasteiger partial charge is 0.307 e. The van der Waals surface area contributed by atoms with E-state index >= 15 is 0 Å². The van der Waals surface area contributed by atoms with Gasteiger partial charge < -0.3 is 10.2 Å². The second-order valence-corrected chi connectivity index (χ2v) is 12.2. The highest BCUT2D eigenvalue weighted by atomic mass is 32.2. The van der Waals surface area contributed by atoms with Gasteiger partial charge in [-0.15, -0.1) is 0 Å². The zero-order chi connectivity index (χ0) is 28.2. The third-order valence-electron chi connectivity index (χ3n) is 5.77. The van der Waals surface area contributed by atoms with E-state index in [2.05, 4.69) is 5.32 Å². The normalized spacial score (nSPS) is 12.5. The van der Waals surface area contributed by atoms with Crippen molar-refractivity contribution in [2.24, 2.45) is 11.8 Å². The number of hydrogen-bond acceptors (Lipinski definition) is 4. The average Bonchev–Trinajstić information content (AvgIpc) is 3.21. The Balaban J connectivity index is 2.19. The standard InChI is InChI=1S/C28H35FN4O4S/c1-19(2)16-32(17-20(3)4)28(35)25(30-27(34)23-12-7-9-13-24(23)29)15-21-18-33(38(36,37)31(5)6)26-14-10-8-11-22(21)26/h7-15,18-20H,16-17H2,1-6H3,(H,30,34). The molecule has 1 N–H and O–H groups in total. The van der Waals surface area contributed by atoms with Gasteiger partial charge in [-0.3, -0.25) is 9.59 Å². The number of rotatable bonds is 10. The van der Waals surface area contributed by atoms with Crippen molar-refractivity contribution < 1.29 is 22.4 Å². The number of aromatic nitrogens is 1. The third-order valence-corrected chi connectivity index (χ3v) is 7.50. The summed E-state index contributed by atoms with van der Waals surface area (Å²) in [6, 6.07) is 12.4. The van der Waals surface area contributed by atoms with Gasteiger partial charge in [0.05, 0.1) is 11.1 Å². The summed E-state index contributed by atoms with van der Waals surface area (Å²) in [5.41, 5.74) is 0.547. The van der Waals surface area contributed by atoms with Crippen LogP contribution in [0.1, 0.15) is 43.6 Å². The number of carbonyl (C=O) groups excluding carboxylic acids is 2. The number of halogens is 1. The van der Waals surface area contributed by atoms with E-state index in [9.17, 15) is 22.4 Å². The topological polar surface area (TPSA) is 91.7 Å². The van der Waals surface area contributed by atoms with E-state index in [1.165, 1.54) is 50.6 Å². The van der Waals surface area contributed by atoms with Crippen LogP contribution in [0.4, 0.5) is 4.39 Å². The molecule has 10 heteroatoms. The average molecular weight is 543 g/mol. The Kier molecular flexibility index (Phi) is 9.11. The molecule has 0 atom stereocenters. The number of hydrogen-bond donors (Lipinski definition) is 1. The van der Waals surface area contributed by atoms with Crippen molar-refractivity contribution in [3.05, 3.63) is 77.4 Å². The van der Waals surface area contributed by atoms with Crippen LogP contribution >= 0.6 is 0 Å². The van der Waals surface area contributed by atoms with Crippen LogP contribution in [0.3, 0.4) is 0 Å². The Morgan fingerprint density at radius 3 is 2.13 bits per heavy atom. The molecule has 8 nitrogen and oxygen atoms in total. The summed E-state index contributed by atoms with van der Waals surface area (Å²) in [4.78, 5) is 28.6. The highest BCUT2D eigenvalue weighted by molar-refractivity contribution is 7.87. The SMILES string of the molecule is CC(C)CN(CC(C)C)C(=O)C(=Cc1cn(S(=O)(=O)N(C)C)c2ccccc12)NC(=O)c1ccccc1F. The molecule has 0 unspecified atom stereocenters. The number of amides is 2. The fourth-order valence-corrected chi connectivity index (χ4v) is 5.10. The molecule has 0 saturated carbocycles. The van der Waals surface area contributed by atoms with Crippen LogP contribution in [0.15, 0.2) is 60.4 Å². The Morgan fingerprint density at radius 2 is 1.55 bits per heavy atom. The first-order valence-corrected chi connectivity index (χ1v) is 13.8. The molecule has 0 aliphatic rings. The maximum atomic E-state index is 14.4. The van der Waals surface area contributed by atoms with Crippen molar-refractivity contribution in [1.29, 1.82) is 0 Å². The molecule has 1 aromatic heterocycles. The second-order valence-electron chi connectivity index (χ2n) is 10.2. The van der Waals surface area contributed by atoms with Crippen LogP contribution in [0.2, 0.25) is 0 Å². The van der Waals surface area contributed by atoms with E-state index in [1.54, 1.807) is 29.2 Å². The molecule has 0 aliphatic carbocycles. The number of carbonyl (C=O) groups is 2. The molecule has 0 spiro atoms. The van der Waals surface area contributed by atoms with Gasteiger partial charge in [-0.25, -0.2) is 8.36 Å². The minimum atomic E-state index is -3.87. The number of nitrogens with zero attached hydrogens (tertiary/aromatic N) is 3. The summed E-state index contributed by atoms with van der Waals surface area (Å²) in [6.07, 6.45) is 2.87. The molecular weight excluding hydrogens is 507 g/mol. The molecule has 0 aliphatic heterocycles. The minimum Gasteiger partial charge on any atom is -0.337 e. The summed E-state index contributed by atoms with van der Waals surface area (Å²) in [7, 11) is -1.01. The van der Waals surface area contributed by atoms with Crippen LogP contribution in [-0.2, 0) is 15.0 Å². The summed E-state index contributed by atoms with van der Waals surface area (Å²) >= 11 is 0. The Labute approximate surface area is 223 Å². The first-order chi connectivity index (χ1) is 17.8. The van der Waals surface area contributed by atoms with Crippen molar-refractivity contribution in [1.82, 2.24) is 18.5 Å². The Bertz CT molecular complexity index is 1450. The fraction of sp³-hybridized carbons (Fsp3) is 0.357. The van der Waals surface area contributed by atoms with Gasteiger partial charge in [0.15, 0.2) is 0 Å². The zero-order valence-corrected chi connectivity index (χ0v) is 23.4. The first-order valence-electron chi connectivity index (χ1n) is 12.4. The molecule has 2 aromatic carbocycles. The van der Waals surface area contributed by atoms with Gasteiger partial charge in [-0.1, -0.05) is 58.0 Å². The van der Waals surface area contributed by atoms with Crippen molar-refractivity contribution in [2.45, 2.75) is 27.7 Å². The highest BCUT2D eigenvalue weighted by Gasteiger charge is 2.25. The van der Waals surface area contributed by atoms with Crippen LogP contribution < -0.4 is 5.32 Å². The van der Waals surface area contributed by atoms with Gasteiger partial charge >= 0.3 is 10.2 Å². The molecule has 204 valence electrons. The number of para-hydroxylation sites is 1. The summed E-state index contributed by atoms with van der Waals surface area (Å²) in [5, 5.41) is 3.18. The summed E-state index contributed by atoms with van der Waals surface area (Å²) in [6.45, 7) is 8.84. The second kappa shape index (κ2) is 11.9. The Morgan fingerprint density at radius 1 is 0.974 bits per heavy atom. The van der Waals surface area contributed by atoms with Crippen molar-refractivity contribution >= 4 is 39.0 Å². The van der Waals surface area contributed by atoms with E-state index in [-0.39, 0.29) is 23.1 Å². The summed E-state index contributed by atoms with van der Waals surface area (Å²) in [5.74, 6) is -1.61. The lowest BCUT2D eigenvalue weighted by atomic mass is 10.1. The number of benzene rings is 2. The monoisotopic (exact) mass is 542 g/mol. The van der Waals surface area contributed by atoms with Gasteiger partial charge in [-0.05, 0) is 36.1 Å². The van der Waals surface area contributed by atoms with Crippen LogP contribution in [0, 0.1) is 17.7 Å². The predicted octanol–water partition coefficient (Wildman–Crippen LogP) is 4.35. The van der Waals surface area contributed by atoms with Crippen molar-refractivity contribution in [3.8, 4) is 0 Å². The van der Waals surface area contributed by atoms with E-state index in [0.717, 1.165) is 8.28 Å². The predicted molar refractivity (Wildman–Crippen MR) is 148 cm³/mol. The lowest BCUT2D eigenvalue weighted by Gasteiger charge is -2.27. The molecule has 0 radical (unpaired) electrons. The molecule has 1 heterocycles. The lowest BCUT2D eigenvalue weighted by molar-refractivity contribution is -0.128. The fourth-order valence-electron chi connectivity index (χ4n) is 4.09. The quantitative estimate of drug-likeness (QED) is 0.386. The molecule has 2 amide bonds. The van der Waals surface area contributed by atoms with Crippen LogP contribution in [0.25, 0.3) is 17.0 Å². The zero-order valence-electron chi connectivity index (χ0n) is 22.6. The molecule has 3 rings (SSSR count). The van der Waals surface area contributed by atoms with Gasteiger partial charge in [0.2, 0.25) is 0 Å². The van der Waals surface area contributed by atoms with Gasteiger partial charge in [0.25, 0.3) is 11.8 Å². The Hall–Kier alpha value is -3.50. The van der Waals surface area contributed by atoms with E-state index < -0.39 is 27.8 Å². The van der Waals surface area contributed by atoms with Gasteiger partial charge in [0.1, 0.15) is 11.5 Å². The maximum absolute atomic E-state index is 14.4. The van der Waals surface area contributed by atoms with Crippen molar-refractivity contribution in [3.63, 3.8) is 0 Å². The molecular formula is C28H35FN4O4S. The van der Waals surface area contributed by atoms with E-state index in [4.69, 9.17) is 0 Å². The van der Waals surface area contributed by atoms with Gasteiger partial charge in [-0.2, -0.15) is 12.7 Å². The molecule has 0 saturated heterocycles. The third kappa shape index (κ3) is 6.49. The molecule has 0 bridgehead atoms. The van der Waals surface area contributed by atoms with Crippen LogP contribution in [-0.4, -0.2) is 60.6 Å². The maximum Gasteiger partial charge on any atom is 0.307 e. The summed E-state index contributed by atoms with van der Waals surface area (Å²) < 4.78 is 42.6. The molecule has 0 fully saturated rings. The van der Waals surface area contributed by atoms with E-state index in [1.807, 2.05) is 27.7 Å². The van der Waals surface area contributed by atoms with Gasteiger partial charge in [0, 0.05) is 44.3 Å². The number of nitrogens with one attached hydrogen (secondary N) is 1. The molecule has 3 aromatic rings. The van der Waals surface area contributed by atoms with Crippen molar-refractivity contribution in [2.75, 3.05) is 27.2 Å². The lowest BCUT2D eigenvalue weighted by Crippen LogP contribution is -2.42. The highest BCUT2D eigenvalue weighted by Crippen LogP contribution is 2.26. The minimum absolute atomic E-state index is 0.0790. The largest absolute Gasteiger partial charge is 0.337 e. The van der Waals surface area contributed by atoms with Crippen LogP contribution in [0.5, 0.6) is 0 Å².